The highest BCUT2D eigenvalue weighted by Gasteiger charge is 2.30. The van der Waals surface area contributed by atoms with E-state index in [4.69, 9.17) is 0 Å². The Morgan fingerprint density at radius 1 is 1.07 bits per heavy atom. The van der Waals surface area contributed by atoms with Gasteiger partial charge in [0.2, 0.25) is 0 Å². The molecule has 0 N–H and O–H groups in total. The van der Waals surface area contributed by atoms with E-state index in [1.54, 1.807) is 23.5 Å². The van der Waals surface area contributed by atoms with Crippen LogP contribution >= 0.6 is 11.3 Å². The molecule has 1 amide bonds. The summed E-state index contributed by atoms with van der Waals surface area (Å²) < 4.78 is 13.5. The highest BCUT2D eigenvalue weighted by atomic mass is 32.1. The summed E-state index contributed by atoms with van der Waals surface area (Å²) >= 11 is 1.72. The molecule has 3 aromatic rings. The number of likely N-dealkylation sites (tertiary alicyclic amines) is 1. The monoisotopic (exact) mass is 408 g/mol. The second kappa shape index (κ2) is 8.89. The second-order valence-corrected chi connectivity index (χ2v) is 8.44. The number of thiophene rings is 1. The molecule has 1 saturated heterocycles. The first-order valence-electron chi connectivity index (χ1n) is 9.99. The van der Waals surface area contributed by atoms with E-state index < -0.39 is 0 Å². The van der Waals surface area contributed by atoms with Crippen LogP contribution in [0, 0.1) is 12.7 Å². The average Bonchev–Trinajstić information content (AvgIpc) is 3.24. The molecule has 0 unspecified atom stereocenters. The lowest BCUT2D eigenvalue weighted by Gasteiger charge is -2.38. The molecule has 0 atom stereocenters. The minimum Gasteiger partial charge on any atom is -0.305 e. The van der Waals surface area contributed by atoms with E-state index in [9.17, 15) is 9.18 Å². The predicted molar refractivity (Wildman–Crippen MR) is 117 cm³/mol. The number of carbonyl (C=O) groups excluding carboxylic acids is 1. The number of rotatable bonds is 5. The van der Waals surface area contributed by atoms with Gasteiger partial charge in [-0.15, -0.1) is 0 Å². The third-order valence-electron chi connectivity index (χ3n) is 5.53. The smallest absolute Gasteiger partial charge is 0.258 e. The number of benzene rings is 2. The van der Waals surface area contributed by atoms with Crippen LogP contribution < -0.4 is 4.90 Å². The van der Waals surface area contributed by atoms with Crippen LogP contribution in [0.25, 0.3) is 0 Å². The van der Waals surface area contributed by atoms with Crippen LogP contribution in [0.1, 0.15) is 34.3 Å². The zero-order chi connectivity index (χ0) is 20.2. The summed E-state index contributed by atoms with van der Waals surface area (Å²) in [5, 5.41) is 4.30. The van der Waals surface area contributed by atoms with E-state index in [2.05, 4.69) is 21.7 Å². The third kappa shape index (κ3) is 4.74. The molecule has 150 valence electrons. The Bertz CT molecular complexity index is 930. The molecule has 0 spiro atoms. The normalized spacial score (nSPS) is 15.4. The quantitative estimate of drug-likeness (QED) is 0.556. The van der Waals surface area contributed by atoms with E-state index in [1.807, 2.05) is 36.1 Å². The molecule has 2 heterocycles. The fourth-order valence-corrected chi connectivity index (χ4v) is 4.57. The zero-order valence-electron chi connectivity index (χ0n) is 16.6. The Labute approximate surface area is 175 Å². The number of aryl methyl sites for hydroxylation is 1. The molecule has 0 bridgehead atoms. The van der Waals surface area contributed by atoms with Gasteiger partial charge in [0, 0.05) is 36.9 Å². The molecule has 2 aromatic carbocycles. The third-order valence-corrected chi connectivity index (χ3v) is 6.26. The van der Waals surface area contributed by atoms with Crippen molar-refractivity contribution < 1.29 is 9.18 Å². The van der Waals surface area contributed by atoms with Crippen LogP contribution in [0.4, 0.5) is 10.1 Å². The first-order chi connectivity index (χ1) is 14.1. The largest absolute Gasteiger partial charge is 0.305 e. The van der Waals surface area contributed by atoms with Crippen molar-refractivity contribution in [3.05, 3.63) is 87.9 Å². The van der Waals surface area contributed by atoms with Crippen molar-refractivity contribution in [1.82, 2.24) is 4.90 Å². The van der Waals surface area contributed by atoms with Crippen molar-refractivity contribution in [3.63, 3.8) is 0 Å². The van der Waals surface area contributed by atoms with E-state index in [0.29, 0.717) is 5.56 Å². The van der Waals surface area contributed by atoms with Gasteiger partial charge < -0.3 is 4.90 Å². The number of amides is 1. The molecule has 5 heteroatoms. The number of halogens is 1. The first-order valence-corrected chi connectivity index (χ1v) is 10.9. The Balaban J connectivity index is 1.53. The van der Waals surface area contributed by atoms with Gasteiger partial charge in [0.15, 0.2) is 0 Å². The topological polar surface area (TPSA) is 23.6 Å². The lowest BCUT2D eigenvalue weighted by Crippen LogP contribution is -2.47. The molecule has 1 fully saturated rings. The first kappa shape index (κ1) is 19.8. The molecule has 0 aliphatic carbocycles. The highest BCUT2D eigenvalue weighted by Crippen LogP contribution is 2.27. The summed E-state index contributed by atoms with van der Waals surface area (Å²) in [6.45, 7) is 4.85. The van der Waals surface area contributed by atoms with Crippen LogP contribution in [0.3, 0.4) is 0 Å². The van der Waals surface area contributed by atoms with Crippen LogP contribution in [0.15, 0.2) is 65.4 Å². The number of hydrogen-bond acceptors (Lipinski definition) is 3. The number of carbonyl (C=O) groups is 1. The molecular formula is C24H25FN2OS. The fourth-order valence-electron chi connectivity index (χ4n) is 3.91. The standard InChI is InChI=1S/C24H25FN2OS/c1-18-2-4-20(5-3-18)24(28)27(22-8-6-21(25)7-9-22)23-10-13-26(14-11-23)16-19-12-15-29-17-19/h2-9,12,15,17,23H,10-11,13-14,16H2,1H3. The van der Waals surface area contributed by atoms with Gasteiger partial charge in [0.25, 0.3) is 5.91 Å². The summed E-state index contributed by atoms with van der Waals surface area (Å²) in [6.07, 6.45) is 1.80. The van der Waals surface area contributed by atoms with Crippen LogP contribution in [-0.2, 0) is 6.54 Å². The van der Waals surface area contributed by atoms with E-state index in [-0.39, 0.29) is 17.8 Å². The minimum atomic E-state index is -0.290. The molecule has 1 aliphatic rings. The number of piperidine rings is 1. The van der Waals surface area contributed by atoms with Crippen molar-refractivity contribution in [2.24, 2.45) is 0 Å². The highest BCUT2D eigenvalue weighted by molar-refractivity contribution is 7.07. The van der Waals surface area contributed by atoms with Gasteiger partial charge in [-0.1, -0.05) is 17.7 Å². The summed E-state index contributed by atoms with van der Waals surface area (Å²) in [6, 6.07) is 16.2. The van der Waals surface area contributed by atoms with Crippen LogP contribution in [0.5, 0.6) is 0 Å². The number of nitrogens with zero attached hydrogens (tertiary/aromatic N) is 2. The molecule has 3 nitrogen and oxygen atoms in total. The van der Waals surface area contributed by atoms with Crippen LogP contribution in [0.2, 0.25) is 0 Å². The summed E-state index contributed by atoms with van der Waals surface area (Å²) in [5.74, 6) is -0.310. The van der Waals surface area contributed by atoms with Crippen molar-refractivity contribution >= 4 is 22.9 Å². The Morgan fingerprint density at radius 3 is 2.38 bits per heavy atom. The molecule has 0 saturated carbocycles. The molecule has 1 aromatic heterocycles. The van der Waals surface area contributed by atoms with E-state index >= 15 is 0 Å². The maximum absolute atomic E-state index is 13.5. The van der Waals surface area contributed by atoms with Crippen LogP contribution in [-0.4, -0.2) is 29.9 Å². The zero-order valence-corrected chi connectivity index (χ0v) is 17.4. The Kier molecular flexibility index (Phi) is 6.07. The lowest BCUT2D eigenvalue weighted by molar-refractivity contribution is 0.0958. The van der Waals surface area contributed by atoms with Gasteiger partial charge in [-0.25, -0.2) is 4.39 Å². The SMILES string of the molecule is Cc1ccc(C(=O)N(c2ccc(F)cc2)C2CCN(Cc3ccsc3)CC2)cc1. The maximum atomic E-state index is 13.5. The van der Waals surface area contributed by atoms with Gasteiger partial charge >= 0.3 is 0 Å². The van der Waals surface area contributed by atoms with Crippen molar-refractivity contribution in [1.29, 1.82) is 0 Å². The molecular weight excluding hydrogens is 383 g/mol. The molecule has 4 rings (SSSR count). The summed E-state index contributed by atoms with van der Waals surface area (Å²) in [7, 11) is 0. The summed E-state index contributed by atoms with van der Waals surface area (Å²) in [4.78, 5) is 17.7. The van der Waals surface area contributed by atoms with E-state index in [1.165, 1.54) is 17.7 Å². The molecule has 1 aliphatic heterocycles. The second-order valence-electron chi connectivity index (χ2n) is 7.66. The Morgan fingerprint density at radius 2 is 1.76 bits per heavy atom. The van der Waals surface area contributed by atoms with Gasteiger partial charge in [0.1, 0.15) is 5.82 Å². The summed E-state index contributed by atoms with van der Waals surface area (Å²) in [5.41, 5.74) is 3.89. The van der Waals surface area contributed by atoms with Crippen molar-refractivity contribution in [3.8, 4) is 0 Å². The van der Waals surface area contributed by atoms with Gasteiger partial charge in [-0.3, -0.25) is 9.69 Å². The van der Waals surface area contributed by atoms with Crippen molar-refractivity contribution in [2.75, 3.05) is 18.0 Å². The van der Waals surface area contributed by atoms with E-state index in [0.717, 1.165) is 43.7 Å². The van der Waals surface area contributed by atoms with Gasteiger partial charge in [0.05, 0.1) is 0 Å². The number of anilines is 1. The lowest BCUT2D eigenvalue weighted by atomic mass is 10.00. The fraction of sp³-hybridized carbons (Fsp3) is 0.292. The predicted octanol–water partition coefficient (Wildman–Crippen LogP) is 5.51. The minimum absolute atomic E-state index is 0.0205. The number of hydrogen-bond donors (Lipinski definition) is 0. The van der Waals surface area contributed by atoms with Crippen molar-refractivity contribution in [2.45, 2.75) is 32.4 Å². The van der Waals surface area contributed by atoms with Gasteiger partial charge in [-0.05, 0) is 78.6 Å². The van der Waals surface area contributed by atoms with Gasteiger partial charge in [-0.2, -0.15) is 11.3 Å². The Hall–Kier alpha value is -2.50. The maximum Gasteiger partial charge on any atom is 0.258 e. The molecule has 29 heavy (non-hydrogen) atoms. The average molecular weight is 409 g/mol. The molecule has 0 radical (unpaired) electrons.